The molecule has 6 nitrogen and oxygen atoms in total. The summed E-state index contributed by atoms with van der Waals surface area (Å²) >= 11 is 0. The van der Waals surface area contributed by atoms with Gasteiger partial charge in [-0.2, -0.15) is 0 Å². The number of fused-ring (bicyclic) bond motifs is 3. The number of carbonyl (C=O) groups excluding carboxylic acids is 1. The van der Waals surface area contributed by atoms with Crippen molar-refractivity contribution < 1.29 is 4.79 Å². The number of anilines is 2. The third kappa shape index (κ3) is 3.69. The summed E-state index contributed by atoms with van der Waals surface area (Å²) in [4.78, 5) is 22.2. The van der Waals surface area contributed by atoms with E-state index in [2.05, 4.69) is 51.1 Å². The number of benzene rings is 2. The van der Waals surface area contributed by atoms with Gasteiger partial charge in [-0.15, -0.1) is 0 Å². The van der Waals surface area contributed by atoms with E-state index < -0.39 is 0 Å². The van der Waals surface area contributed by atoms with Crippen molar-refractivity contribution in [2.24, 2.45) is 0 Å². The molecule has 6 heteroatoms. The normalized spacial score (nSPS) is 14.8. The van der Waals surface area contributed by atoms with Crippen LogP contribution in [-0.4, -0.2) is 46.5 Å². The molecule has 0 spiro atoms. The number of hydrogen-bond donors (Lipinski definition) is 1. The Balaban J connectivity index is 1.37. The third-order valence-corrected chi connectivity index (χ3v) is 6.06. The summed E-state index contributed by atoms with van der Waals surface area (Å²) in [5, 5.41) is 3.10. The minimum Gasteiger partial charge on any atom is -0.353 e. The maximum absolute atomic E-state index is 12.9. The third-order valence-electron chi connectivity index (χ3n) is 6.06. The predicted molar refractivity (Wildman–Crippen MR) is 126 cm³/mol. The van der Waals surface area contributed by atoms with Gasteiger partial charge in [0.2, 0.25) is 0 Å². The topological polar surface area (TPSA) is 52.9 Å². The van der Waals surface area contributed by atoms with Crippen LogP contribution in [0.5, 0.6) is 0 Å². The van der Waals surface area contributed by atoms with Gasteiger partial charge in [-0.1, -0.05) is 24.3 Å². The lowest BCUT2D eigenvalue weighted by Gasteiger charge is -2.24. The first-order chi connectivity index (χ1) is 15.1. The molecular formula is C25H27N5O. The molecule has 0 aliphatic carbocycles. The van der Waals surface area contributed by atoms with E-state index >= 15 is 0 Å². The molecule has 1 aliphatic rings. The van der Waals surface area contributed by atoms with Gasteiger partial charge in [0.15, 0.2) is 5.82 Å². The maximum Gasteiger partial charge on any atom is 0.321 e. The number of rotatable bonds is 2. The van der Waals surface area contributed by atoms with E-state index in [4.69, 9.17) is 4.98 Å². The Morgan fingerprint density at radius 1 is 0.935 bits per heavy atom. The number of para-hydroxylation sites is 2. The molecule has 2 aromatic carbocycles. The van der Waals surface area contributed by atoms with Gasteiger partial charge < -0.3 is 19.5 Å². The monoisotopic (exact) mass is 413 g/mol. The standard InChI is InChI=1S/C25H27N5O/c1-18-10-11-19(2)21(17-18)27-25(31)29-13-6-12-28(15-16-29)24-23-9-5-14-30(23)22-8-4-3-7-20(22)26-24/h3-5,7-11,14,17H,6,12-13,15-16H2,1-2H3,(H,27,31). The van der Waals surface area contributed by atoms with Crippen molar-refractivity contribution in [1.29, 1.82) is 0 Å². The van der Waals surface area contributed by atoms with Crippen molar-refractivity contribution in [3.05, 3.63) is 71.9 Å². The zero-order valence-electron chi connectivity index (χ0n) is 18.0. The van der Waals surface area contributed by atoms with Gasteiger partial charge in [0.1, 0.15) is 0 Å². The van der Waals surface area contributed by atoms with Gasteiger partial charge in [-0.25, -0.2) is 9.78 Å². The van der Waals surface area contributed by atoms with Crippen LogP contribution in [-0.2, 0) is 0 Å². The number of aromatic nitrogens is 2. The summed E-state index contributed by atoms with van der Waals surface area (Å²) in [5.41, 5.74) is 6.29. The number of urea groups is 1. The SMILES string of the molecule is Cc1ccc(C)c(NC(=O)N2CCCN(c3nc4ccccc4n4cccc34)CC2)c1. The molecule has 0 unspecified atom stereocenters. The van der Waals surface area contributed by atoms with Gasteiger partial charge in [0.05, 0.1) is 16.6 Å². The summed E-state index contributed by atoms with van der Waals surface area (Å²) in [5.74, 6) is 0.987. The largest absolute Gasteiger partial charge is 0.353 e. The Bertz CT molecular complexity index is 1260. The first-order valence-electron chi connectivity index (χ1n) is 10.8. The molecule has 1 N–H and O–H groups in total. The second kappa shape index (κ2) is 7.95. The van der Waals surface area contributed by atoms with Crippen LogP contribution in [0.25, 0.3) is 16.6 Å². The molecule has 0 atom stereocenters. The van der Waals surface area contributed by atoms with Crippen LogP contribution in [0.4, 0.5) is 16.3 Å². The number of hydrogen-bond acceptors (Lipinski definition) is 3. The first kappa shape index (κ1) is 19.4. The number of nitrogens with zero attached hydrogens (tertiary/aromatic N) is 4. The number of aryl methyl sites for hydroxylation is 2. The molecule has 0 radical (unpaired) electrons. The van der Waals surface area contributed by atoms with E-state index in [0.29, 0.717) is 6.54 Å². The molecule has 1 fully saturated rings. The molecule has 1 saturated heterocycles. The summed E-state index contributed by atoms with van der Waals surface area (Å²) < 4.78 is 2.20. The second-order valence-electron chi connectivity index (χ2n) is 8.26. The average Bonchev–Trinajstić information content (AvgIpc) is 3.14. The lowest BCUT2D eigenvalue weighted by Crippen LogP contribution is -2.38. The second-order valence-corrected chi connectivity index (χ2v) is 8.26. The van der Waals surface area contributed by atoms with Crippen LogP contribution < -0.4 is 10.2 Å². The van der Waals surface area contributed by atoms with Crippen molar-refractivity contribution in [3.8, 4) is 0 Å². The first-order valence-corrected chi connectivity index (χ1v) is 10.8. The van der Waals surface area contributed by atoms with E-state index in [1.807, 2.05) is 43.0 Å². The number of carbonyl (C=O) groups is 1. The van der Waals surface area contributed by atoms with Crippen molar-refractivity contribution in [2.45, 2.75) is 20.3 Å². The Hall–Kier alpha value is -3.54. The van der Waals surface area contributed by atoms with Gasteiger partial charge in [0.25, 0.3) is 0 Å². The molecule has 5 rings (SSSR count). The molecule has 158 valence electrons. The number of amides is 2. The van der Waals surface area contributed by atoms with Crippen LogP contribution in [0.1, 0.15) is 17.5 Å². The smallest absolute Gasteiger partial charge is 0.321 e. The molecule has 2 aromatic heterocycles. The molecule has 31 heavy (non-hydrogen) atoms. The fourth-order valence-electron chi connectivity index (χ4n) is 4.34. The van der Waals surface area contributed by atoms with Crippen LogP contribution in [0.15, 0.2) is 60.8 Å². The van der Waals surface area contributed by atoms with E-state index in [0.717, 1.165) is 65.2 Å². The highest BCUT2D eigenvalue weighted by Crippen LogP contribution is 2.26. The zero-order chi connectivity index (χ0) is 21.4. The lowest BCUT2D eigenvalue weighted by atomic mass is 10.1. The van der Waals surface area contributed by atoms with Crippen molar-refractivity contribution in [1.82, 2.24) is 14.3 Å². The quantitative estimate of drug-likeness (QED) is 0.511. The van der Waals surface area contributed by atoms with Crippen LogP contribution in [0, 0.1) is 13.8 Å². The van der Waals surface area contributed by atoms with Crippen LogP contribution in [0.3, 0.4) is 0 Å². The average molecular weight is 414 g/mol. The van der Waals surface area contributed by atoms with Crippen molar-refractivity contribution in [3.63, 3.8) is 0 Å². The summed E-state index contributed by atoms with van der Waals surface area (Å²) in [6.07, 6.45) is 2.99. The van der Waals surface area contributed by atoms with E-state index in [1.165, 1.54) is 0 Å². The van der Waals surface area contributed by atoms with Crippen molar-refractivity contribution in [2.75, 3.05) is 36.4 Å². The molecule has 1 aliphatic heterocycles. The highest BCUT2D eigenvalue weighted by Gasteiger charge is 2.22. The highest BCUT2D eigenvalue weighted by molar-refractivity contribution is 5.90. The van der Waals surface area contributed by atoms with Gasteiger partial charge in [-0.05, 0) is 61.7 Å². The zero-order valence-corrected chi connectivity index (χ0v) is 18.0. The number of nitrogens with one attached hydrogen (secondary N) is 1. The highest BCUT2D eigenvalue weighted by atomic mass is 16.2. The van der Waals surface area contributed by atoms with Crippen LogP contribution in [0.2, 0.25) is 0 Å². The molecule has 0 bridgehead atoms. The van der Waals surface area contributed by atoms with Gasteiger partial charge in [0, 0.05) is 38.1 Å². The lowest BCUT2D eigenvalue weighted by molar-refractivity contribution is 0.215. The van der Waals surface area contributed by atoms with Gasteiger partial charge in [-0.3, -0.25) is 0 Å². The fourth-order valence-corrected chi connectivity index (χ4v) is 4.34. The van der Waals surface area contributed by atoms with Gasteiger partial charge >= 0.3 is 6.03 Å². The summed E-state index contributed by atoms with van der Waals surface area (Å²) in [7, 11) is 0. The Kier molecular flexibility index (Phi) is 4.98. The summed E-state index contributed by atoms with van der Waals surface area (Å²) in [6, 6.07) is 18.5. The molecule has 4 aromatic rings. The fraction of sp³-hybridized carbons (Fsp3) is 0.280. The van der Waals surface area contributed by atoms with Crippen LogP contribution >= 0.6 is 0 Å². The molecular weight excluding hydrogens is 386 g/mol. The maximum atomic E-state index is 12.9. The summed E-state index contributed by atoms with van der Waals surface area (Å²) in [6.45, 7) is 7.09. The molecule has 0 saturated carbocycles. The van der Waals surface area contributed by atoms with E-state index in [9.17, 15) is 4.79 Å². The van der Waals surface area contributed by atoms with E-state index in [1.54, 1.807) is 0 Å². The molecule has 3 heterocycles. The minimum absolute atomic E-state index is 0.0325. The Morgan fingerprint density at radius 2 is 1.77 bits per heavy atom. The molecule has 2 amide bonds. The predicted octanol–water partition coefficient (Wildman–Crippen LogP) is 4.85. The Labute approximate surface area is 182 Å². The Morgan fingerprint density at radius 3 is 2.68 bits per heavy atom. The van der Waals surface area contributed by atoms with Crippen molar-refractivity contribution >= 4 is 34.1 Å². The van der Waals surface area contributed by atoms with E-state index in [-0.39, 0.29) is 6.03 Å². The minimum atomic E-state index is -0.0325.